The highest BCUT2D eigenvalue weighted by Crippen LogP contribution is 2.17. The van der Waals surface area contributed by atoms with E-state index in [0.717, 1.165) is 19.3 Å². The molecule has 1 saturated carbocycles. The SMILES string of the molecule is O=C(NC1CCC1)NC(Cc1cnc[nH]1)C(=O)O. The minimum absolute atomic E-state index is 0.187. The first kappa shape index (κ1) is 12.4. The number of carboxylic acids is 1. The molecule has 1 aliphatic rings. The number of aliphatic carboxylic acids is 1. The normalized spacial score (nSPS) is 16.7. The first-order valence-electron chi connectivity index (χ1n) is 5.92. The smallest absolute Gasteiger partial charge is 0.326 e. The number of nitrogens with zero attached hydrogens (tertiary/aromatic N) is 1. The van der Waals surface area contributed by atoms with Gasteiger partial charge in [-0.2, -0.15) is 0 Å². The molecule has 1 aromatic heterocycles. The quantitative estimate of drug-likeness (QED) is 0.602. The van der Waals surface area contributed by atoms with E-state index >= 15 is 0 Å². The van der Waals surface area contributed by atoms with Crippen molar-refractivity contribution in [2.24, 2.45) is 0 Å². The van der Waals surface area contributed by atoms with Crippen LogP contribution in [0.5, 0.6) is 0 Å². The summed E-state index contributed by atoms with van der Waals surface area (Å²) in [6.45, 7) is 0. The van der Waals surface area contributed by atoms with Gasteiger partial charge in [0.1, 0.15) is 6.04 Å². The molecule has 2 amide bonds. The lowest BCUT2D eigenvalue weighted by molar-refractivity contribution is -0.139. The summed E-state index contributed by atoms with van der Waals surface area (Å²) in [6, 6.07) is -1.19. The van der Waals surface area contributed by atoms with Gasteiger partial charge < -0.3 is 20.7 Å². The maximum Gasteiger partial charge on any atom is 0.326 e. The molecule has 2 rings (SSSR count). The Morgan fingerprint density at radius 3 is 2.83 bits per heavy atom. The van der Waals surface area contributed by atoms with Crippen molar-refractivity contribution in [3.63, 3.8) is 0 Å². The molecular weight excluding hydrogens is 236 g/mol. The van der Waals surface area contributed by atoms with E-state index < -0.39 is 18.0 Å². The summed E-state index contributed by atoms with van der Waals surface area (Å²) in [5.74, 6) is -1.06. The Bertz CT molecular complexity index is 414. The second-order valence-corrected chi connectivity index (χ2v) is 4.42. The number of nitrogens with one attached hydrogen (secondary N) is 3. The van der Waals surface area contributed by atoms with Crippen LogP contribution < -0.4 is 10.6 Å². The summed E-state index contributed by atoms with van der Waals surface area (Å²) in [6.07, 6.45) is 6.25. The van der Waals surface area contributed by atoms with Gasteiger partial charge in [-0.25, -0.2) is 14.6 Å². The molecular formula is C11H16N4O3. The van der Waals surface area contributed by atoms with Gasteiger partial charge in [-0.05, 0) is 19.3 Å². The molecule has 1 aliphatic carbocycles. The number of H-pyrrole nitrogens is 1. The topological polar surface area (TPSA) is 107 Å². The third-order valence-electron chi connectivity index (χ3n) is 3.02. The Balaban J connectivity index is 1.85. The fourth-order valence-electron chi connectivity index (χ4n) is 1.75. The van der Waals surface area contributed by atoms with Gasteiger partial charge in [0.05, 0.1) is 6.33 Å². The van der Waals surface area contributed by atoms with Crippen molar-refractivity contribution < 1.29 is 14.7 Å². The van der Waals surface area contributed by atoms with E-state index in [1.165, 1.54) is 6.33 Å². The van der Waals surface area contributed by atoms with Crippen LogP contribution in [0.3, 0.4) is 0 Å². The number of amides is 2. The number of urea groups is 1. The number of imidazole rings is 1. The van der Waals surface area contributed by atoms with Crippen LogP contribution in [-0.4, -0.2) is 39.2 Å². The van der Waals surface area contributed by atoms with E-state index in [-0.39, 0.29) is 12.5 Å². The lowest BCUT2D eigenvalue weighted by Crippen LogP contribution is -2.51. The van der Waals surface area contributed by atoms with Gasteiger partial charge in [-0.1, -0.05) is 0 Å². The number of carbonyl (C=O) groups is 2. The van der Waals surface area contributed by atoms with E-state index in [9.17, 15) is 9.59 Å². The highest BCUT2D eigenvalue weighted by molar-refractivity contribution is 5.82. The molecule has 0 aliphatic heterocycles. The van der Waals surface area contributed by atoms with Crippen molar-refractivity contribution >= 4 is 12.0 Å². The molecule has 0 spiro atoms. The zero-order valence-corrected chi connectivity index (χ0v) is 9.85. The van der Waals surface area contributed by atoms with Crippen LogP contribution in [0.15, 0.2) is 12.5 Å². The summed E-state index contributed by atoms with van der Waals surface area (Å²) in [7, 11) is 0. The summed E-state index contributed by atoms with van der Waals surface area (Å²) in [5.41, 5.74) is 0.673. The number of aromatic amines is 1. The van der Waals surface area contributed by atoms with Gasteiger partial charge in [0.15, 0.2) is 0 Å². The molecule has 1 atom stereocenters. The maximum absolute atomic E-state index is 11.6. The van der Waals surface area contributed by atoms with Crippen molar-refractivity contribution in [1.82, 2.24) is 20.6 Å². The summed E-state index contributed by atoms with van der Waals surface area (Å²) >= 11 is 0. The van der Waals surface area contributed by atoms with Crippen molar-refractivity contribution in [2.75, 3.05) is 0 Å². The standard InChI is InChI=1S/C11H16N4O3/c16-10(17)9(4-8-5-12-6-13-8)15-11(18)14-7-2-1-3-7/h5-7,9H,1-4H2,(H,12,13)(H,16,17)(H2,14,15,18). The molecule has 1 aromatic rings. The first-order chi connectivity index (χ1) is 8.65. The Hall–Kier alpha value is -2.05. The summed E-state index contributed by atoms with van der Waals surface area (Å²) in [5, 5.41) is 14.2. The van der Waals surface area contributed by atoms with Crippen molar-refractivity contribution in [1.29, 1.82) is 0 Å². The van der Waals surface area contributed by atoms with E-state index in [1.54, 1.807) is 6.20 Å². The molecule has 18 heavy (non-hydrogen) atoms. The van der Waals surface area contributed by atoms with E-state index in [4.69, 9.17) is 5.11 Å². The lowest BCUT2D eigenvalue weighted by atomic mass is 9.93. The third kappa shape index (κ3) is 3.22. The molecule has 1 heterocycles. The monoisotopic (exact) mass is 252 g/mol. The number of hydrogen-bond donors (Lipinski definition) is 4. The highest BCUT2D eigenvalue weighted by atomic mass is 16.4. The van der Waals surface area contributed by atoms with E-state index in [2.05, 4.69) is 20.6 Å². The summed E-state index contributed by atoms with van der Waals surface area (Å²) in [4.78, 5) is 29.3. The molecule has 7 heteroatoms. The Morgan fingerprint density at radius 2 is 2.33 bits per heavy atom. The number of rotatable bonds is 5. The Morgan fingerprint density at radius 1 is 1.56 bits per heavy atom. The molecule has 0 saturated heterocycles. The highest BCUT2D eigenvalue weighted by Gasteiger charge is 2.24. The minimum Gasteiger partial charge on any atom is -0.480 e. The largest absolute Gasteiger partial charge is 0.480 e. The van der Waals surface area contributed by atoms with E-state index in [0.29, 0.717) is 5.69 Å². The van der Waals surface area contributed by atoms with Gasteiger partial charge in [0.2, 0.25) is 0 Å². The van der Waals surface area contributed by atoms with Crippen LogP contribution >= 0.6 is 0 Å². The fourth-order valence-corrected chi connectivity index (χ4v) is 1.75. The molecule has 0 radical (unpaired) electrons. The van der Waals surface area contributed by atoms with Gasteiger partial charge in [-0.15, -0.1) is 0 Å². The number of carboxylic acid groups (broad SMARTS) is 1. The van der Waals surface area contributed by atoms with Gasteiger partial charge in [0.25, 0.3) is 0 Å². The minimum atomic E-state index is -1.06. The first-order valence-corrected chi connectivity index (χ1v) is 5.92. The molecule has 7 nitrogen and oxygen atoms in total. The zero-order chi connectivity index (χ0) is 13.0. The molecule has 1 fully saturated rings. The number of hydrogen-bond acceptors (Lipinski definition) is 3. The average Bonchev–Trinajstić information content (AvgIpc) is 2.75. The third-order valence-corrected chi connectivity index (χ3v) is 3.02. The van der Waals surface area contributed by atoms with Gasteiger partial charge in [-0.3, -0.25) is 0 Å². The predicted molar refractivity (Wildman–Crippen MR) is 63.0 cm³/mol. The fraction of sp³-hybridized carbons (Fsp3) is 0.545. The second-order valence-electron chi connectivity index (χ2n) is 4.42. The van der Waals surface area contributed by atoms with Crippen molar-refractivity contribution in [3.05, 3.63) is 18.2 Å². The van der Waals surface area contributed by atoms with Crippen LogP contribution in [0.1, 0.15) is 25.0 Å². The average molecular weight is 252 g/mol. The van der Waals surface area contributed by atoms with Crippen LogP contribution in [0.25, 0.3) is 0 Å². The van der Waals surface area contributed by atoms with E-state index in [1.807, 2.05) is 0 Å². The van der Waals surface area contributed by atoms with Gasteiger partial charge >= 0.3 is 12.0 Å². The Kier molecular flexibility index (Phi) is 3.81. The molecule has 0 bridgehead atoms. The molecule has 1 unspecified atom stereocenters. The Labute approximate surface area is 104 Å². The second kappa shape index (κ2) is 5.52. The maximum atomic E-state index is 11.6. The van der Waals surface area contributed by atoms with Crippen LogP contribution in [0, 0.1) is 0 Å². The van der Waals surface area contributed by atoms with Crippen molar-refractivity contribution in [2.45, 2.75) is 37.8 Å². The lowest BCUT2D eigenvalue weighted by Gasteiger charge is -2.27. The van der Waals surface area contributed by atoms with Crippen LogP contribution in [0.4, 0.5) is 4.79 Å². The van der Waals surface area contributed by atoms with Crippen molar-refractivity contribution in [3.8, 4) is 0 Å². The number of carbonyl (C=O) groups excluding carboxylic acids is 1. The summed E-state index contributed by atoms with van der Waals surface area (Å²) < 4.78 is 0. The zero-order valence-electron chi connectivity index (χ0n) is 9.85. The molecule has 98 valence electrons. The van der Waals surface area contributed by atoms with Crippen LogP contribution in [-0.2, 0) is 11.2 Å². The van der Waals surface area contributed by atoms with Crippen LogP contribution in [0.2, 0.25) is 0 Å². The number of aromatic nitrogens is 2. The predicted octanol–water partition coefficient (Wildman–Crippen LogP) is 0.257. The molecule has 0 aromatic carbocycles. The molecule has 4 N–H and O–H groups in total. The van der Waals surface area contributed by atoms with Gasteiger partial charge in [0, 0.05) is 24.4 Å².